The average molecular weight is 532 g/mol. The lowest BCUT2D eigenvalue weighted by molar-refractivity contribution is -0.143. The van der Waals surface area contributed by atoms with Crippen molar-refractivity contribution in [1.82, 2.24) is 14.2 Å². The molecule has 0 amide bonds. The number of benzene rings is 2. The number of hydrogen-bond acceptors (Lipinski definition) is 9. The lowest BCUT2D eigenvalue weighted by atomic mass is 10.2. The molecule has 2 atom stereocenters. The first-order chi connectivity index (χ1) is 17.7. The molecule has 37 heavy (non-hydrogen) atoms. The first-order valence-corrected chi connectivity index (χ1v) is 13.0. The summed E-state index contributed by atoms with van der Waals surface area (Å²) in [7, 11) is -1.31. The zero-order valence-corrected chi connectivity index (χ0v) is 21.3. The number of methoxy groups -OCH3 is 2. The fraction of sp³-hybridized carbons (Fsp3) is 0.360. The van der Waals surface area contributed by atoms with Crippen molar-refractivity contribution in [3.63, 3.8) is 0 Å². The van der Waals surface area contributed by atoms with E-state index in [2.05, 4.69) is 4.98 Å². The quantitative estimate of drug-likeness (QED) is 0.395. The molecule has 198 valence electrons. The van der Waals surface area contributed by atoms with Gasteiger partial charge in [-0.3, -0.25) is 14.7 Å². The van der Waals surface area contributed by atoms with Gasteiger partial charge in [0.15, 0.2) is 11.5 Å². The molecule has 1 aliphatic heterocycles. The van der Waals surface area contributed by atoms with Crippen LogP contribution in [-0.4, -0.2) is 97.9 Å². The molecule has 2 N–H and O–H groups in total. The van der Waals surface area contributed by atoms with Crippen LogP contribution in [0.5, 0.6) is 17.2 Å². The zero-order chi connectivity index (χ0) is 26.6. The lowest BCUT2D eigenvalue weighted by Gasteiger charge is -2.39. The standard InChI is InChI=1S/C25H29N3O8S/c1-34-23-9-8-18(13-24(23)35-2)37(32,33)28-12-11-27(15-21(28)25(30)31)14-17(29)16-36-22-7-3-6-20-19(22)5-4-10-26-20/h3-10,13,17,21,29H,11-12,14-16H2,1-2H3,(H,30,31). The molecule has 0 saturated carbocycles. The number of aliphatic carboxylic acids is 1. The second kappa shape index (κ2) is 11.3. The predicted molar refractivity (Wildman–Crippen MR) is 135 cm³/mol. The van der Waals surface area contributed by atoms with Crippen LogP contribution in [-0.2, 0) is 14.8 Å². The molecule has 3 aromatic rings. The van der Waals surface area contributed by atoms with Gasteiger partial charge in [0.2, 0.25) is 10.0 Å². The molecule has 1 saturated heterocycles. The second-order valence-corrected chi connectivity index (χ2v) is 10.4. The summed E-state index contributed by atoms with van der Waals surface area (Å²) in [5.74, 6) is -0.113. The number of sulfonamides is 1. The van der Waals surface area contributed by atoms with Crippen LogP contribution in [0, 0.1) is 0 Å². The lowest BCUT2D eigenvalue weighted by Crippen LogP contribution is -2.59. The molecule has 2 aromatic carbocycles. The number of carboxylic acid groups (broad SMARTS) is 1. The van der Waals surface area contributed by atoms with Gasteiger partial charge < -0.3 is 24.4 Å². The van der Waals surface area contributed by atoms with Crippen molar-refractivity contribution in [2.45, 2.75) is 17.0 Å². The molecular formula is C25H29N3O8S. The van der Waals surface area contributed by atoms with E-state index in [-0.39, 0.29) is 43.4 Å². The van der Waals surface area contributed by atoms with Crippen LogP contribution < -0.4 is 14.2 Å². The van der Waals surface area contributed by atoms with Gasteiger partial charge >= 0.3 is 5.97 Å². The van der Waals surface area contributed by atoms with Crippen LogP contribution in [0.15, 0.2) is 59.6 Å². The Balaban J connectivity index is 1.42. The SMILES string of the molecule is COc1ccc(S(=O)(=O)N2CCN(CC(O)COc3cccc4ncccc34)CC2C(=O)O)cc1OC. The number of pyridine rings is 1. The van der Waals surface area contributed by atoms with Crippen LogP contribution >= 0.6 is 0 Å². The Morgan fingerprint density at radius 2 is 1.86 bits per heavy atom. The summed E-state index contributed by atoms with van der Waals surface area (Å²) in [5, 5.41) is 21.2. The van der Waals surface area contributed by atoms with E-state index < -0.39 is 28.1 Å². The minimum Gasteiger partial charge on any atom is -0.493 e. The fourth-order valence-electron chi connectivity index (χ4n) is 4.33. The highest BCUT2D eigenvalue weighted by molar-refractivity contribution is 7.89. The molecule has 12 heteroatoms. The maximum atomic E-state index is 13.3. The Kier molecular flexibility index (Phi) is 8.13. The third kappa shape index (κ3) is 5.77. The van der Waals surface area contributed by atoms with Crippen molar-refractivity contribution >= 4 is 26.9 Å². The van der Waals surface area contributed by atoms with E-state index in [1.54, 1.807) is 23.2 Å². The van der Waals surface area contributed by atoms with Gasteiger partial charge in [0.25, 0.3) is 0 Å². The van der Waals surface area contributed by atoms with Crippen molar-refractivity contribution in [3.05, 3.63) is 54.7 Å². The largest absolute Gasteiger partial charge is 0.493 e. The van der Waals surface area contributed by atoms with E-state index in [1.165, 1.54) is 32.4 Å². The highest BCUT2D eigenvalue weighted by Crippen LogP contribution is 2.32. The molecule has 1 fully saturated rings. The van der Waals surface area contributed by atoms with Crippen molar-refractivity contribution in [1.29, 1.82) is 0 Å². The number of ether oxygens (including phenoxy) is 3. The maximum absolute atomic E-state index is 13.3. The smallest absolute Gasteiger partial charge is 0.323 e. The number of carbonyl (C=O) groups is 1. The highest BCUT2D eigenvalue weighted by Gasteiger charge is 2.40. The molecule has 0 bridgehead atoms. The summed E-state index contributed by atoms with van der Waals surface area (Å²) in [6.45, 7) is 0.200. The van der Waals surface area contributed by atoms with E-state index in [9.17, 15) is 23.4 Å². The molecule has 0 spiro atoms. The van der Waals surface area contributed by atoms with Crippen LogP contribution in [0.25, 0.3) is 10.9 Å². The third-order valence-corrected chi connectivity index (χ3v) is 8.07. The van der Waals surface area contributed by atoms with Gasteiger partial charge in [0, 0.05) is 43.8 Å². The average Bonchev–Trinajstić information content (AvgIpc) is 2.91. The van der Waals surface area contributed by atoms with Gasteiger partial charge in [-0.05, 0) is 36.4 Å². The molecule has 1 aromatic heterocycles. The van der Waals surface area contributed by atoms with Crippen molar-refractivity contribution < 1.29 is 37.6 Å². The minimum atomic E-state index is -4.14. The fourth-order valence-corrected chi connectivity index (χ4v) is 5.91. The summed E-state index contributed by atoms with van der Waals surface area (Å²) in [6, 6.07) is 11.9. The van der Waals surface area contributed by atoms with Gasteiger partial charge in [-0.2, -0.15) is 4.31 Å². The molecule has 0 aliphatic carbocycles. The van der Waals surface area contributed by atoms with Crippen LogP contribution in [0.4, 0.5) is 0 Å². The normalized spacial score (nSPS) is 17.9. The Labute approximate surface area is 214 Å². The Morgan fingerprint density at radius 1 is 1.08 bits per heavy atom. The van der Waals surface area contributed by atoms with Gasteiger partial charge in [-0.1, -0.05) is 6.07 Å². The van der Waals surface area contributed by atoms with E-state index in [0.717, 1.165) is 15.2 Å². The first kappa shape index (κ1) is 26.6. The third-order valence-electron chi connectivity index (χ3n) is 6.17. The zero-order valence-electron chi connectivity index (χ0n) is 20.5. The van der Waals surface area contributed by atoms with Crippen molar-refractivity contribution in [2.75, 3.05) is 47.0 Å². The van der Waals surface area contributed by atoms with Crippen LogP contribution in [0.3, 0.4) is 0 Å². The van der Waals surface area contributed by atoms with E-state index in [1.807, 2.05) is 18.2 Å². The number of aliphatic hydroxyl groups excluding tert-OH is 1. The van der Waals surface area contributed by atoms with Crippen molar-refractivity contribution in [3.8, 4) is 17.2 Å². The summed E-state index contributed by atoms with van der Waals surface area (Å²) in [4.78, 5) is 18.0. The Morgan fingerprint density at radius 3 is 2.59 bits per heavy atom. The topological polar surface area (TPSA) is 139 Å². The Hall–Kier alpha value is -3.45. The van der Waals surface area contributed by atoms with E-state index in [4.69, 9.17) is 14.2 Å². The molecular weight excluding hydrogens is 502 g/mol. The Bertz CT molecular complexity index is 1360. The summed E-state index contributed by atoms with van der Waals surface area (Å²) < 4.78 is 43.8. The molecule has 2 unspecified atom stereocenters. The highest BCUT2D eigenvalue weighted by atomic mass is 32.2. The number of β-amino-alcohol motifs (C(OH)–C–C–N with tert-alkyl or cyclic N) is 1. The van der Waals surface area contributed by atoms with Gasteiger partial charge in [0.1, 0.15) is 24.5 Å². The number of piperazine rings is 1. The van der Waals surface area contributed by atoms with Gasteiger partial charge in [0.05, 0.1) is 24.6 Å². The number of aliphatic hydroxyl groups is 1. The summed E-state index contributed by atoms with van der Waals surface area (Å²) in [6.07, 6.45) is 0.764. The molecule has 1 aliphatic rings. The van der Waals surface area contributed by atoms with Gasteiger partial charge in [-0.25, -0.2) is 8.42 Å². The first-order valence-electron chi connectivity index (χ1n) is 11.6. The van der Waals surface area contributed by atoms with E-state index >= 15 is 0 Å². The predicted octanol–water partition coefficient (Wildman–Crippen LogP) is 1.45. The molecule has 0 radical (unpaired) electrons. The monoisotopic (exact) mass is 531 g/mol. The minimum absolute atomic E-state index is 0.0180. The maximum Gasteiger partial charge on any atom is 0.323 e. The van der Waals surface area contributed by atoms with Crippen molar-refractivity contribution in [2.24, 2.45) is 0 Å². The number of aromatic nitrogens is 1. The number of nitrogens with zero attached hydrogens (tertiary/aromatic N) is 3. The summed E-state index contributed by atoms with van der Waals surface area (Å²) >= 11 is 0. The molecule has 2 heterocycles. The van der Waals surface area contributed by atoms with E-state index in [0.29, 0.717) is 11.5 Å². The van der Waals surface area contributed by atoms with Gasteiger partial charge in [-0.15, -0.1) is 0 Å². The van der Waals surface area contributed by atoms with Crippen LogP contribution in [0.2, 0.25) is 0 Å². The molecule has 4 rings (SSSR count). The number of hydrogen-bond donors (Lipinski definition) is 2. The molecule has 11 nitrogen and oxygen atoms in total. The van der Waals surface area contributed by atoms with Crippen LogP contribution in [0.1, 0.15) is 0 Å². The summed E-state index contributed by atoms with van der Waals surface area (Å²) in [5.41, 5.74) is 0.769. The number of fused-ring (bicyclic) bond motifs is 1. The number of carboxylic acids is 1. The second-order valence-electron chi connectivity index (χ2n) is 8.54. The number of rotatable bonds is 10.